The highest BCUT2D eigenvalue weighted by molar-refractivity contribution is 6.10. The second kappa shape index (κ2) is 10.3. The molecule has 1 heterocycles. The first-order valence-electron chi connectivity index (χ1n) is 17.3. The molecule has 49 heavy (non-hydrogen) atoms. The molecular weight excluding hydrogens is 595 g/mol. The topological polar surface area (TPSA) is 38.7 Å². The Hall–Kier alpha value is -5.41. The van der Waals surface area contributed by atoms with Gasteiger partial charge in [0.15, 0.2) is 17.5 Å². The average molecular weight is 634 g/mol. The van der Waals surface area contributed by atoms with Gasteiger partial charge in [0.25, 0.3) is 0 Å². The van der Waals surface area contributed by atoms with Crippen LogP contribution in [0.1, 0.15) is 63.8 Å². The summed E-state index contributed by atoms with van der Waals surface area (Å²) in [5.74, 6) is 2.04. The van der Waals surface area contributed by atoms with Crippen LogP contribution in [0.4, 0.5) is 0 Å². The molecule has 0 fully saturated rings. The third-order valence-electron chi connectivity index (χ3n) is 11.8. The van der Waals surface area contributed by atoms with Crippen LogP contribution in [0.15, 0.2) is 127 Å². The zero-order chi connectivity index (χ0) is 33.7. The summed E-state index contributed by atoms with van der Waals surface area (Å²) in [5, 5.41) is 2.67. The van der Waals surface area contributed by atoms with E-state index >= 15 is 0 Å². The second-order valence-electron chi connectivity index (χ2n) is 15.3. The molecule has 0 aliphatic heterocycles. The molecule has 0 bridgehead atoms. The largest absolute Gasteiger partial charge is 0.208 e. The average Bonchev–Trinajstić information content (AvgIpc) is 3.37. The Morgan fingerprint density at radius 2 is 0.898 bits per heavy atom. The van der Waals surface area contributed by atoms with E-state index in [0.29, 0.717) is 17.5 Å². The molecule has 0 unspecified atom stereocenters. The van der Waals surface area contributed by atoms with Crippen molar-refractivity contribution >= 4 is 10.8 Å². The van der Waals surface area contributed by atoms with E-state index in [9.17, 15) is 0 Å². The van der Waals surface area contributed by atoms with Gasteiger partial charge in [0.1, 0.15) is 0 Å². The number of nitrogens with zero attached hydrogens (tertiary/aromatic N) is 3. The first kappa shape index (κ1) is 29.7. The molecule has 238 valence electrons. The third-order valence-corrected chi connectivity index (χ3v) is 11.8. The van der Waals surface area contributed by atoms with Crippen LogP contribution in [0, 0.1) is 0 Å². The van der Waals surface area contributed by atoms with E-state index in [1.54, 1.807) is 0 Å². The number of fused-ring (bicyclic) bond motifs is 10. The van der Waals surface area contributed by atoms with Crippen molar-refractivity contribution in [2.24, 2.45) is 0 Å². The lowest BCUT2D eigenvalue weighted by Crippen LogP contribution is -2.44. The Labute approximate surface area is 288 Å². The van der Waals surface area contributed by atoms with Gasteiger partial charge in [-0.25, -0.2) is 15.0 Å². The minimum atomic E-state index is -0.246. The summed E-state index contributed by atoms with van der Waals surface area (Å²) >= 11 is 0. The predicted octanol–water partition coefficient (Wildman–Crippen LogP) is 11.6. The predicted molar refractivity (Wildman–Crippen MR) is 203 cm³/mol. The maximum Gasteiger partial charge on any atom is 0.164 e. The zero-order valence-corrected chi connectivity index (χ0v) is 29.0. The van der Waals surface area contributed by atoms with Gasteiger partial charge in [-0.2, -0.15) is 0 Å². The van der Waals surface area contributed by atoms with Gasteiger partial charge in [0.05, 0.1) is 0 Å². The van der Waals surface area contributed by atoms with Crippen molar-refractivity contribution < 1.29 is 0 Å². The molecule has 9 rings (SSSR count). The molecule has 6 aromatic carbocycles. The summed E-state index contributed by atoms with van der Waals surface area (Å²) in [7, 11) is 0. The minimum absolute atomic E-state index is 0.0772. The molecular formula is C46H39N3. The monoisotopic (exact) mass is 633 g/mol. The van der Waals surface area contributed by atoms with Crippen molar-refractivity contribution in [3.63, 3.8) is 0 Å². The first-order valence-corrected chi connectivity index (χ1v) is 17.3. The van der Waals surface area contributed by atoms with Crippen molar-refractivity contribution in [1.82, 2.24) is 15.0 Å². The summed E-state index contributed by atoms with van der Waals surface area (Å²) in [6.45, 7) is 14.6. The van der Waals surface area contributed by atoms with Gasteiger partial charge in [-0.3, -0.25) is 0 Å². The van der Waals surface area contributed by atoms with Crippen LogP contribution in [-0.2, 0) is 16.2 Å². The van der Waals surface area contributed by atoms with Gasteiger partial charge in [-0.1, -0.05) is 163 Å². The van der Waals surface area contributed by atoms with Crippen molar-refractivity contribution in [3.05, 3.63) is 150 Å². The summed E-state index contributed by atoms with van der Waals surface area (Å²) in [6.07, 6.45) is 0. The lowest BCUT2D eigenvalue weighted by Gasteiger charge is -2.50. The maximum atomic E-state index is 5.09. The third kappa shape index (κ3) is 4.11. The number of aromatic nitrogens is 3. The van der Waals surface area contributed by atoms with Gasteiger partial charge in [0, 0.05) is 27.5 Å². The molecule has 0 radical (unpaired) electrons. The highest BCUT2D eigenvalue weighted by Crippen LogP contribution is 2.63. The van der Waals surface area contributed by atoms with Gasteiger partial charge in [0.2, 0.25) is 0 Å². The van der Waals surface area contributed by atoms with Crippen LogP contribution >= 0.6 is 0 Å². The van der Waals surface area contributed by atoms with Crippen LogP contribution in [0.25, 0.3) is 67.2 Å². The van der Waals surface area contributed by atoms with E-state index in [1.165, 1.54) is 55.3 Å². The molecule has 3 nitrogen and oxygen atoms in total. The molecule has 0 saturated heterocycles. The van der Waals surface area contributed by atoms with Crippen molar-refractivity contribution in [1.29, 1.82) is 0 Å². The number of hydrogen-bond acceptors (Lipinski definition) is 3. The first-order chi connectivity index (χ1) is 23.6. The summed E-state index contributed by atoms with van der Waals surface area (Å²) in [6, 6.07) is 45.5. The number of benzene rings is 6. The summed E-state index contributed by atoms with van der Waals surface area (Å²) < 4.78 is 0. The van der Waals surface area contributed by atoms with E-state index in [2.05, 4.69) is 133 Å². The van der Waals surface area contributed by atoms with Crippen LogP contribution in [0.2, 0.25) is 0 Å². The van der Waals surface area contributed by atoms with E-state index < -0.39 is 0 Å². The molecule has 2 aliphatic rings. The minimum Gasteiger partial charge on any atom is -0.208 e. The smallest absolute Gasteiger partial charge is 0.164 e. The van der Waals surface area contributed by atoms with E-state index in [0.717, 1.165) is 16.7 Å². The fraction of sp³-hybridized carbons (Fsp3) is 0.196. The van der Waals surface area contributed by atoms with Gasteiger partial charge in [-0.05, 0) is 66.8 Å². The molecule has 7 aromatic rings. The lowest BCUT2D eigenvalue weighted by atomic mass is 9.53. The van der Waals surface area contributed by atoms with Crippen LogP contribution in [0.5, 0.6) is 0 Å². The van der Waals surface area contributed by atoms with Gasteiger partial charge < -0.3 is 0 Å². The fourth-order valence-electron chi connectivity index (χ4n) is 8.65. The molecule has 2 aliphatic carbocycles. The maximum absolute atomic E-state index is 5.09. The van der Waals surface area contributed by atoms with E-state index in [-0.39, 0.29) is 16.2 Å². The zero-order valence-electron chi connectivity index (χ0n) is 29.0. The normalized spacial score (nSPS) is 16.0. The van der Waals surface area contributed by atoms with E-state index in [4.69, 9.17) is 15.0 Å². The molecule has 0 saturated carbocycles. The Kier molecular flexibility index (Phi) is 6.24. The Morgan fingerprint density at radius 3 is 1.53 bits per heavy atom. The van der Waals surface area contributed by atoms with Crippen LogP contribution in [0.3, 0.4) is 0 Å². The molecule has 1 aromatic heterocycles. The molecule has 0 N–H and O–H groups in total. The highest BCUT2D eigenvalue weighted by Gasteiger charge is 2.51. The second-order valence-corrected chi connectivity index (χ2v) is 15.3. The Balaban J connectivity index is 1.32. The highest BCUT2D eigenvalue weighted by atomic mass is 15.0. The van der Waals surface area contributed by atoms with E-state index in [1.807, 2.05) is 36.4 Å². The Bertz CT molecular complexity index is 2400. The van der Waals surface area contributed by atoms with Gasteiger partial charge >= 0.3 is 0 Å². The number of rotatable bonds is 3. The fourth-order valence-corrected chi connectivity index (χ4v) is 8.65. The van der Waals surface area contributed by atoms with Crippen molar-refractivity contribution in [3.8, 4) is 56.4 Å². The number of hydrogen-bond donors (Lipinski definition) is 0. The van der Waals surface area contributed by atoms with Crippen molar-refractivity contribution in [2.75, 3.05) is 0 Å². The Morgan fingerprint density at radius 1 is 0.388 bits per heavy atom. The van der Waals surface area contributed by atoms with Crippen LogP contribution in [-0.4, -0.2) is 15.0 Å². The molecule has 0 spiro atoms. The van der Waals surface area contributed by atoms with Crippen LogP contribution < -0.4 is 0 Å². The summed E-state index contributed by atoms with van der Waals surface area (Å²) in [5.41, 5.74) is 13.6. The quantitative estimate of drug-likeness (QED) is 0.194. The standard InChI is InChI=1S/C46H39N3/c1-44(2)36-27-30(43-48-41(28-17-9-7-10-18-28)47-42(49-43)29-19-11-8-12-20-29)25-26-34(36)38-39(44)32-22-14-13-21-31(32)37-33-23-15-16-24-35(33)45(3,4)46(5,6)40(37)38/h7-27H,1-6H3. The van der Waals surface area contributed by atoms with Gasteiger partial charge in [-0.15, -0.1) is 0 Å². The summed E-state index contributed by atoms with van der Waals surface area (Å²) in [4.78, 5) is 15.1. The molecule has 0 atom stereocenters. The van der Waals surface area contributed by atoms with Crippen molar-refractivity contribution in [2.45, 2.75) is 57.8 Å². The SMILES string of the molecule is CC1(C)c2cc(-c3nc(-c4ccccc4)nc(-c4ccccc4)n3)ccc2-c2c3c(c4ccccc4c21)-c1ccccc1C(C)(C)C3(C)C. The molecule has 0 amide bonds. The lowest BCUT2D eigenvalue weighted by molar-refractivity contribution is 0.300. The molecule has 3 heteroatoms.